The van der Waals surface area contributed by atoms with Crippen LogP contribution in [0.15, 0.2) is 0 Å². The fourth-order valence-electron chi connectivity index (χ4n) is 3.17. The molecular weight excluding hydrogens is 170 g/mol. The zero-order valence-electron chi connectivity index (χ0n) is 10.7. The van der Waals surface area contributed by atoms with E-state index in [2.05, 4.69) is 54.5 Å². The van der Waals surface area contributed by atoms with E-state index in [0.717, 1.165) is 6.42 Å². The molecule has 1 saturated carbocycles. The first-order valence-electron chi connectivity index (χ1n) is 5.43. The molecule has 0 bridgehead atoms. The molecule has 0 amide bonds. The summed E-state index contributed by atoms with van der Waals surface area (Å²) in [5, 5.41) is 9.28. The summed E-state index contributed by atoms with van der Waals surface area (Å²) in [6.45, 7) is 15.6. The van der Waals surface area contributed by atoms with Gasteiger partial charge >= 0.3 is 0 Å². The molecule has 2 unspecified atom stereocenters. The second-order valence-electron chi connectivity index (χ2n) is 6.93. The van der Waals surface area contributed by atoms with Crippen LogP contribution in [0.4, 0.5) is 0 Å². The van der Waals surface area contributed by atoms with Crippen molar-refractivity contribution in [2.45, 2.75) is 54.9 Å². The fraction of sp³-hybridized carbons (Fsp3) is 0.923. The number of nitrogens with zero attached hydrogens (tertiary/aromatic N) is 1. The first-order valence-corrected chi connectivity index (χ1v) is 5.43. The lowest BCUT2D eigenvalue weighted by Gasteiger charge is -2.26. The summed E-state index contributed by atoms with van der Waals surface area (Å²) in [5.74, 6) is 0. The van der Waals surface area contributed by atoms with Crippen molar-refractivity contribution in [1.29, 1.82) is 5.26 Å². The molecule has 1 rings (SSSR count). The maximum atomic E-state index is 9.28. The van der Waals surface area contributed by atoms with E-state index in [9.17, 15) is 5.26 Å². The van der Waals surface area contributed by atoms with E-state index in [1.54, 1.807) is 0 Å². The van der Waals surface area contributed by atoms with Crippen molar-refractivity contribution in [3.05, 3.63) is 0 Å². The standard InChI is InChI=1S/C13H23N/c1-10(2,3)8-12(6)11(4,5)13(12,7)9-14/h8H2,1-7H3. The van der Waals surface area contributed by atoms with Crippen LogP contribution >= 0.6 is 0 Å². The van der Waals surface area contributed by atoms with Gasteiger partial charge in [0.2, 0.25) is 0 Å². The highest BCUT2D eigenvalue weighted by atomic mass is 14.8. The normalized spacial score (nSPS) is 40.4. The third kappa shape index (κ3) is 1.13. The molecule has 2 atom stereocenters. The van der Waals surface area contributed by atoms with Crippen LogP contribution in [0.5, 0.6) is 0 Å². The third-order valence-electron chi connectivity index (χ3n) is 4.78. The average molecular weight is 193 g/mol. The third-order valence-corrected chi connectivity index (χ3v) is 4.78. The first kappa shape index (κ1) is 11.6. The monoisotopic (exact) mass is 193 g/mol. The highest BCUT2D eigenvalue weighted by Gasteiger charge is 2.77. The molecule has 0 radical (unpaired) electrons. The fourth-order valence-corrected chi connectivity index (χ4v) is 3.17. The Bertz CT molecular complexity index is 289. The maximum absolute atomic E-state index is 9.28. The van der Waals surface area contributed by atoms with E-state index >= 15 is 0 Å². The minimum absolute atomic E-state index is 0.146. The lowest BCUT2D eigenvalue weighted by atomic mass is 9.79. The summed E-state index contributed by atoms with van der Waals surface area (Å²) < 4.78 is 0. The minimum Gasteiger partial charge on any atom is -0.198 e. The van der Waals surface area contributed by atoms with Gasteiger partial charge in [0.05, 0.1) is 11.5 Å². The van der Waals surface area contributed by atoms with E-state index < -0.39 is 0 Å². The van der Waals surface area contributed by atoms with Gasteiger partial charge in [0, 0.05) is 0 Å². The molecule has 0 aliphatic heterocycles. The van der Waals surface area contributed by atoms with Crippen LogP contribution < -0.4 is 0 Å². The summed E-state index contributed by atoms with van der Waals surface area (Å²) in [7, 11) is 0. The highest BCUT2D eigenvalue weighted by molar-refractivity contribution is 5.32. The van der Waals surface area contributed by atoms with E-state index in [4.69, 9.17) is 0 Å². The Hall–Kier alpha value is -0.510. The molecule has 0 heterocycles. The second-order valence-corrected chi connectivity index (χ2v) is 6.93. The molecule has 0 aromatic rings. The van der Waals surface area contributed by atoms with E-state index in [1.165, 1.54) is 0 Å². The van der Waals surface area contributed by atoms with Crippen molar-refractivity contribution in [3.63, 3.8) is 0 Å². The maximum Gasteiger partial charge on any atom is 0.0698 e. The zero-order valence-corrected chi connectivity index (χ0v) is 10.7. The Morgan fingerprint density at radius 3 is 1.71 bits per heavy atom. The number of nitriles is 1. The molecule has 80 valence electrons. The molecule has 1 aliphatic rings. The Kier molecular flexibility index (Phi) is 2.10. The largest absolute Gasteiger partial charge is 0.198 e. The van der Waals surface area contributed by atoms with Crippen molar-refractivity contribution >= 4 is 0 Å². The van der Waals surface area contributed by atoms with E-state index in [0.29, 0.717) is 5.41 Å². The molecule has 1 heteroatoms. The van der Waals surface area contributed by atoms with Crippen molar-refractivity contribution in [1.82, 2.24) is 0 Å². The summed E-state index contributed by atoms with van der Waals surface area (Å²) >= 11 is 0. The van der Waals surface area contributed by atoms with Crippen LogP contribution in [-0.4, -0.2) is 0 Å². The lowest BCUT2D eigenvalue weighted by molar-refractivity contribution is 0.243. The van der Waals surface area contributed by atoms with Gasteiger partial charge in [-0.3, -0.25) is 0 Å². The van der Waals surface area contributed by atoms with Crippen molar-refractivity contribution in [3.8, 4) is 6.07 Å². The molecule has 0 N–H and O–H groups in total. The topological polar surface area (TPSA) is 23.8 Å². The van der Waals surface area contributed by atoms with Crippen LogP contribution in [0, 0.1) is 33.0 Å². The van der Waals surface area contributed by atoms with Gasteiger partial charge in [-0.25, -0.2) is 0 Å². The highest BCUT2D eigenvalue weighted by Crippen LogP contribution is 2.80. The van der Waals surface area contributed by atoms with Crippen molar-refractivity contribution in [2.24, 2.45) is 21.7 Å². The van der Waals surface area contributed by atoms with Gasteiger partial charge in [-0.15, -0.1) is 0 Å². The van der Waals surface area contributed by atoms with Crippen molar-refractivity contribution in [2.75, 3.05) is 0 Å². The van der Waals surface area contributed by atoms with Crippen LogP contribution in [0.2, 0.25) is 0 Å². The van der Waals surface area contributed by atoms with Gasteiger partial charge < -0.3 is 0 Å². The predicted octanol–water partition coefficient (Wildman–Crippen LogP) is 4.00. The summed E-state index contributed by atoms with van der Waals surface area (Å²) in [6.07, 6.45) is 1.12. The molecule has 14 heavy (non-hydrogen) atoms. The Morgan fingerprint density at radius 2 is 1.50 bits per heavy atom. The number of rotatable bonds is 1. The summed E-state index contributed by atoms with van der Waals surface area (Å²) in [4.78, 5) is 0. The second kappa shape index (κ2) is 2.54. The van der Waals surface area contributed by atoms with Crippen molar-refractivity contribution < 1.29 is 0 Å². The van der Waals surface area contributed by atoms with E-state index in [1.807, 2.05) is 0 Å². The summed E-state index contributed by atoms with van der Waals surface area (Å²) in [6, 6.07) is 2.52. The molecule has 0 spiro atoms. The van der Waals surface area contributed by atoms with Crippen LogP contribution in [0.1, 0.15) is 54.9 Å². The Morgan fingerprint density at radius 1 is 1.07 bits per heavy atom. The van der Waals surface area contributed by atoms with Crippen LogP contribution in [0.25, 0.3) is 0 Å². The average Bonchev–Trinajstić information content (AvgIpc) is 2.27. The zero-order chi connectivity index (χ0) is 11.4. The predicted molar refractivity (Wildman–Crippen MR) is 59.7 cm³/mol. The first-order chi connectivity index (χ1) is 6.02. The summed E-state index contributed by atoms with van der Waals surface area (Å²) in [5.41, 5.74) is 0.489. The van der Waals surface area contributed by atoms with Crippen LogP contribution in [-0.2, 0) is 0 Å². The lowest BCUT2D eigenvalue weighted by Crippen LogP contribution is -2.17. The number of hydrogen-bond donors (Lipinski definition) is 0. The van der Waals surface area contributed by atoms with Gasteiger partial charge in [-0.1, -0.05) is 41.5 Å². The van der Waals surface area contributed by atoms with E-state index in [-0.39, 0.29) is 16.2 Å². The molecular formula is C13H23N. The van der Waals surface area contributed by atoms with Gasteiger partial charge in [0.1, 0.15) is 0 Å². The molecule has 1 fully saturated rings. The Balaban J connectivity index is 2.97. The number of hydrogen-bond acceptors (Lipinski definition) is 1. The molecule has 0 aromatic heterocycles. The minimum atomic E-state index is -0.146. The molecule has 0 saturated heterocycles. The Labute approximate surface area is 88.5 Å². The van der Waals surface area contributed by atoms with Crippen LogP contribution in [0.3, 0.4) is 0 Å². The van der Waals surface area contributed by atoms with Gasteiger partial charge in [-0.05, 0) is 29.6 Å². The quantitative estimate of drug-likeness (QED) is 0.617. The molecule has 0 aromatic carbocycles. The van der Waals surface area contributed by atoms with Gasteiger partial charge in [0.25, 0.3) is 0 Å². The van der Waals surface area contributed by atoms with Gasteiger partial charge in [0.15, 0.2) is 0 Å². The molecule has 1 aliphatic carbocycles. The SMILES string of the molecule is CC(C)(C)CC1(C)C(C)(C)C1(C)C#N. The smallest absolute Gasteiger partial charge is 0.0698 e. The molecule has 1 nitrogen and oxygen atoms in total. The van der Waals surface area contributed by atoms with Gasteiger partial charge in [-0.2, -0.15) is 5.26 Å².